The lowest BCUT2D eigenvalue weighted by Crippen LogP contribution is -2.30. The Kier molecular flexibility index (Phi) is 8.06. The molecule has 0 bridgehead atoms. The van der Waals surface area contributed by atoms with Gasteiger partial charge in [0.25, 0.3) is 5.91 Å². The molecule has 0 heterocycles. The average molecular weight is 503 g/mol. The van der Waals surface area contributed by atoms with E-state index in [0.717, 1.165) is 22.9 Å². The molecule has 0 atom stereocenters. The van der Waals surface area contributed by atoms with Crippen molar-refractivity contribution in [2.24, 2.45) is 0 Å². The first-order chi connectivity index (χ1) is 16.1. The van der Waals surface area contributed by atoms with Crippen LogP contribution in [-0.2, 0) is 23.1 Å². The summed E-state index contributed by atoms with van der Waals surface area (Å²) in [6, 6.07) is 17.4. The fourth-order valence-electron chi connectivity index (χ4n) is 3.43. The molecule has 180 valence electrons. The number of amides is 1. The van der Waals surface area contributed by atoms with Crippen LogP contribution in [0.5, 0.6) is 11.5 Å². The molecule has 9 heteroatoms. The number of nitrogens with one attached hydrogen (secondary N) is 1. The van der Waals surface area contributed by atoms with Crippen LogP contribution in [0.3, 0.4) is 0 Å². The van der Waals surface area contributed by atoms with Gasteiger partial charge < -0.3 is 14.8 Å². The van der Waals surface area contributed by atoms with Crippen molar-refractivity contribution in [2.45, 2.75) is 20.0 Å². The Morgan fingerprint density at radius 1 is 0.941 bits per heavy atom. The Bertz CT molecular complexity index is 1280. The van der Waals surface area contributed by atoms with E-state index in [-0.39, 0.29) is 12.5 Å². The van der Waals surface area contributed by atoms with E-state index in [9.17, 15) is 13.2 Å². The maximum atomic E-state index is 12.6. The van der Waals surface area contributed by atoms with Crippen LogP contribution in [0.15, 0.2) is 60.7 Å². The van der Waals surface area contributed by atoms with Gasteiger partial charge in [-0.05, 0) is 60.0 Å². The van der Waals surface area contributed by atoms with Gasteiger partial charge >= 0.3 is 0 Å². The molecule has 0 aliphatic heterocycles. The molecule has 3 aromatic carbocycles. The number of sulfonamides is 1. The maximum Gasteiger partial charge on any atom is 0.251 e. The van der Waals surface area contributed by atoms with Crippen LogP contribution >= 0.6 is 11.6 Å². The van der Waals surface area contributed by atoms with Gasteiger partial charge in [-0.15, -0.1) is 0 Å². The summed E-state index contributed by atoms with van der Waals surface area (Å²) in [4.78, 5) is 12.6. The van der Waals surface area contributed by atoms with Gasteiger partial charge in [0.05, 0.1) is 32.7 Å². The second kappa shape index (κ2) is 10.8. The van der Waals surface area contributed by atoms with Crippen molar-refractivity contribution in [1.29, 1.82) is 0 Å². The monoisotopic (exact) mass is 502 g/mol. The first kappa shape index (κ1) is 25.4. The highest BCUT2D eigenvalue weighted by Crippen LogP contribution is 2.29. The lowest BCUT2D eigenvalue weighted by Gasteiger charge is -2.24. The second-order valence-electron chi connectivity index (χ2n) is 7.77. The number of aryl methyl sites for hydroxylation is 1. The molecule has 0 fully saturated rings. The average Bonchev–Trinajstić information content (AvgIpc) is 2.82. The van der Waals surface area contributed by atoms with E-state index in [1.165, 1.54) is 4.31 Å². The molecule has 0 saturated heterocycles. The molecule has 0 spiro atoms. The molecule has 1 amide bonds. The summed E-state index contributed by atoms with van der Waals surface area (Å²) in [6.45, 7) is 2.26. The Hall–Kier alpha value is -3.23. The SMILES string of the molecule is COc1ccc(CNC(=O)c2ccc(CN(c3cc(Cl)ccc3C)S(C)(=O)=O)cc2)cc1OC. The number of hydrogen-bond acceptors (Lipinski definition) is 5. The quantitative estimate of drug-likeness (QED) is 0.463. The van der Waals surface area contributed by atoms with Gasteiger partial charge in [0, 0.05) is 17.1 Å². The fraction of sp³-hybridized carbons (Fsp3) is 0.240. The Morgan fingerprint density at radius 3 is 2.21 bits per heavy atom. The van der Waals surface area contributed by atoms with Crippen molar-refractivity contribution in [1.82, 2.24) is 5.32 Å². The van der Waals surface area contributed by atoms with Gasteiger partial charge in [-0.25, -0.2) is 8.42 Å². The standard InChI is InChI=1S/C25H27ClN2O5S/c1-17-5-11-21(26)14-22(17)28(34(4,30)31)16-18-6-9-20(10-7-18)25(29)27-15-19-8-12-23(32-2)24(13-19)33-3/h5-14H,15-16H2,1-4H3,(H,27,29). The van der Waals surface area contributed by atoms with Crippen LogP contribution in [0, 0.1) is 6.92 Å². The first-order valence-electron chi connectivity index (χ1n) is 10.4. The zero-order valence-electron chi connectivity index (χ0n) is 19.5. The zero-order chi connectivity index (χ0) is 24.9. The molecule has 7 nitrogen and oxygen atoms in total. The predicted molar refractivity (Wildman–Crippen MR) is 134 cm³/mol. The molecule has 0 unspecified atom stereocenters. The van der Waals surface area contributed by atoms with Gasteiger partial charge in [0.15, 0.2) is 11.5 Å². The van der Waals surface area contributed by atoms with Gasteiger partial charge in [0.2, 0.25) is 10.0 Å². The minimum Gasteiger partial charge on any atom is -0.493 e. The summed E-state index contributed by atoms with van der Waals surface area (Å²) < 4.78 is 36.8. The zero-order valence-corrected chi connectivity index (χ0v) is 21.0. The number of hydrogen-bond donors (Lipinski definition) is 1. The van der Waals surface area contributed by atoms with Gasteiger partial charge in [-0.1, -0.05) is 35.9 Å². The summed E-state index contributed by atoms with van der Waals surface area (Å²) in [5.74, 6) is 0.959. The summed E-state index contributed by atoms with van der Waals surface area (Å²) >= 11 is 6.10. The molecule has 1 N–H and O–H groups in total. The number of methoxy groups -OCH3 is 2. The maximum absolute atomic E-state index is 12.6. The van der Waals surface area contributed by atoms with Crippen molar-refractivity contribution in [3.63, 3.8) is 0 Å². The number of halogens is 1. The largest absolute Gasteiger partial charge is 0.493 e. The Labute approximate surface area is 205 Å². The number of carbonyl (C=O) groups excluding carboxylic acids is 1. The van der Waals surface area contributed by atoms with Crippen LogP contribution in [0.4, 0.5) is 5.69 Å². The first-order valence-corrected chi connectivity index (χ1v) is 12.7. The lowest BCUT2D eigenvalue weighted by atomic mass is 10.1. The minimum atomic E-state index is -3.56. The number of nitrogens with zero attached hydrogens (tertiary/aromatic N) is 1. The van der Waals surface area contributed by atoms with Gasteiger partial charge in [-0.3, -0.25) is 9.10 Å². The van der Waals surface area contributed by atoms with Crippen LogP contribution in [0.1, 0.15) is 27.0 Å². The molecule has 0 radical (unpaired) electrons. The molecule has 3 aromatic rings. The normalized spacial score (nSPS) is 11.1. The smallest absolute Gasteiger partial charge is 0.251 e. The molecule has 0 aliphatic carbocycles. The van der Waals surface area contributed by atoms with Crippen molar-refractivity contribution in [3.8, 4) is 11.5 Å². The number of ether oxygens (including phenoxy) is 2. The third kappa shape index (κ3) is 6.21. The lowest BCUT2D eigenvalue weighted by molar-refractivity contribution is 0.0951. The van der Waals surface area contributed by atoms with Crippen molar-refractivity contribution >= 4 is 33.2 Å². The fourth-order valence-corrected chi connectivity index (χ4v) is 4.54. The summed E-state index contributed by atoms with van der Waals surface area (Å²) in [7, 11) is -0.436. The highest BCUT2D eigenvalue weighted by molar-refractivity contribution is 7.92. The summed E-state index contributed by atoms with van der Waals surface area (Å²) in [5, 5.41) is 3.33. The van der Waals surface area contributed by atoms with E-state index < -0.39 is 10.0 Å². The van der Waals surface area contributed by atoms with Crippen LogP contribution in [0.25, 0.3) is 0 Å². The van der Waals surface area contributed by atoms with E-state index in [2.05, 4.69) is 5.32 Å². The van der Waals surface area contributed by atoms with E-state index in [4.69, 9.17) is 21.1 Å². The Balaban J connectivity index is 1.71. The van der Waals surface area contributed by atoms with Crippen LogP contribution < -0.4 is 19.1 Å². The van der Waals surface area contributed by atoms with Crippen molar-refractivity contribution in [3.05, 3.63) is 87.9 Å². The molecule has 0 aliphatic rings. The summed E-state index contributed by atoms with van der Waals surface area (Å²) in [5.41, 5.74) is 3.38. The predicted octanol–water partition coefficient (Wildman–Crippen LogP) is 4.56. The molecular formula is C25H27ClN2O5S. The molecule has 0 saturated carbocycles. The molecule has 3 rings (SSSR count). The number of benzene rings is 3. The van der Waals surface area contributed by atoms with Crippen molar-refractivity contribution in [2.75, 3.05) is 24.8 Å². The number of anilines is 1. The van der Waals surface area contributed by atoms with Gasteiger partial charge in [-0.2, -0.15) is 0 Å². The Morgan fingerprint density at radius 2 is 1.59 bits per heavy atom. The van der Waals surface area contributed by atoms with Crippen molar-refractivity contribution < 1.29 is 22.7 Å². The van der Waals surface area contributed by atoms with Crippen LogP contribution in [-0.4, -0.2) is 34.8 Å². The van der Waals surface area contributed by atoms with E-state index in [0.29, 0.717) is 34.3 Å². The second-order valence-corrected chi connectivity index (χ2v) is 10.1. The molecule has 0 aromatic heterocycles. The van der Waals surface area contributed by atoms with Gasteiger partial charge in [0.1, 0.15) is 0 Å². The van der Waals surface area contributed by atoms with E-state index >= 15 is 0 Å². The number of carbonyl (C=O) groups is 1. The highest BCUT2D eigenvalue weighted by Gasteiger charge is 2.20. The number of rotatable bonds is 9. The molecular weight excluding hydrogens is 476 g/mol. The van der Waals surface area contributed by atoms with Crippen LogP contribution in [0.2, 0.25) is 5.02 Å². The third-order valence-electron chi connectivity index (χ3n) is 5.28. The summed E-state index contributed by atoms with van der Waals surface area (Å²) in [6.07, 6.45) is 1.16. The van der Waals surface area contributed by atoms with E-state index in [1.54, 1.807) is 68.8 Å². The topological polar surface area (TPSA) is 84.9 Å². The minimum absolute atomic E-state index is 0.119. The van der Waals surface area contributed by atoms with E-state index in [1.807, 2.05) is 13.0 Å². The molecule has 34 heavy (non-hydrogen) atoms. The third-order valence-corrected chi connectivity index (χ3v) is 6.65. The highest BCUT2D eigenvalue weighted by atomic mass is 35.5.